The van der Waals surface area contributed by atoms with Gasteiger partial charge in [0.25, 0.3) is 0 Å². The van der Waals surface area contributed by atoms with Crippen LogP contribution in [0.2, 0.25) is 0 Å². The third kappa shape index (κ3) is 3.27. The molecule has 0 aromatic heterocycles. The molecule has 1 atom stereocenters. The Hall–Kier alpha value is -3.43. The average Bonchev–Trinajstić information content (AvgIpc) is 3.11. The van der Waals surface area contributed by atoms with Crippen molar-refractivity contribution in [3.63, 3.8) is 0 Å². The minimum Gasteiger partial charge on any atom is -0.311 e. The number of hydrogen-bond acceptors (Lipinski definition) is 4. The van der Waals surface area contributed by atoms with Gasteiger partial charge in [0.15, 0.2) is 11.6 Å². The van der Waals surface area contributed by atoms with Crippen molar-refractivity contribution in [3.8, 4) is 0 Å². The summed E-state index contributed by atoms with van der Waals surface area (Å²) in [6.45, 7) is 0.0993. The van der Waals surface area contributed by atoms with Crippen molar-refractivity contribution in [1.29, 1.82) is 0 Å². The summed E-state index contributed by atoms with van der Waals surface area (Å²) in [6, 6.07) is 5.50. The highest BCUT2D eigenvalue weighted by Gasteiger charge is 2.40. The van der Waals surface area contributed by atoms with E-state index in [-0.39, 0.29) is 30.9 Å². The lowest BCUT2D eigenvalue weighted by atomic mass is 9.98. The standard InChI is InChI=1S/C20H16F3N3O4/c21-14-6-4-13(9-16(14)26(29)30)25-10-12(8-17(25)27)20(28)24-7-1-2-11-3-5-15(22)18(23)19(11)24/h3-6,9,12H,1-2,7-8,10H2. The second kappa shape index (κ2) is 7.43. The van der Waals surface area contributed by atoms with Gasteiger partial charge in [0.1, 0.15) is 0 Å². The first-order valence-electron chi connectivity index (χ1n) is 9.30. The molecular weight excluding hydrogens is 403 g/mol. The minimum atomic E-state index is -1.10. The summed E-state index contributed by atoms with van der Waals surface area (Å²) in [5.41, 5.74) is -0.268. The van der Waals surface area contributed by atoms with Crippen LogP contribution in [0.3, 0.4) is 0 Å². The number of nitrogens with zero attached hydrogens (tertiary/aromatic N) is 3. The lowest BCUT2D eigenvalue weighted by Crippen LogP contribution is -2.41. The molecule has 2 aromatic carbocycles. The van der Waals surface area contributed by atoms with Gasteiger partial charge in [0, 0.05) is 25.6 Å². The van der Waals surface area contributed by atoms with E-state index in [1.165, 1.54) is 21.9 Å². The molecule has 0 N–H and O–H groups in total. The predicted octanol–water partition coefficient (Wildman–Crippen LogP) is 3.34. The number of amides is 2. The Morgan fingerprint density at radius 3 is 2.60 bits per heavy atom. The molecule has 2 aliphatic rings. The van der Waals surface area contributed by atoms with Gasteiger partial charge in [-0.25, -0.2) is 8.78 Å². The van der Waals surface area contributed by atoms with Crippen molar-refractivity contribution in [2.75, 3.05) is 22.9 Å². The number of rotatable bonds is 3. The van der Waals surface area contributed by atoms with Gasteiger partial charge < -0.3 is 9.80 Å². The number of carbonyl (C=O) groups excluding carboxylic acids is 2. The maximum Gasteiger partial charge on any atom is 0.306 e. The molecular formula is C20H16F3N3O4. The fourth-order valence-electron chi connectivity index (χ4n) is 3.99. The number of aryl methyl sites for hydroxylation is 1. The normalized spacial score (nSPS) is 18.5. The molecule has 0 saturated carbocycles. The van der Waals surface area contributed by atoms with Crippen LogP contribution < -0.4 is 9.80 Å². The highest BCUT2D eigenvalue weighted by Crippen LogP contribution is 2.35. The molecule has 2 amide bonds. The van der Waals surface area contributed by atoms with Gasteiger partial charge >= 0.3 is 5.69 Å². The van der Waals surface area contributed by atoms with E-state index in [0.29, 0.717) is 18.4 Å². The largest absolute Gasteiger partial charge is 0.311 e. The van der Waals surface area contributed by atoms with Gasteiger partial charge in [-0.15, -0.1) is 0 Å². The van der Waals surface area contributed by atoms with Crippen LogP contribution in [0.15, 0.2) is 30.3 Å². The smallest absolute Gasteiger partial charge is 0.306 e. The van der Waals surface area contributed by atoms with Crippen LogP contribution in [-0.4, -0.2) is 29.8 Å². The molecule has 0 aliphatic carbocycles. The third-order valence-electron chi connectivity index (χ3n) is 5.43. The van der Waals surface area contributed by atoms with Gasteiger partial charge in [0.2, 0.25) is 17.6 Å². The Kier molecular flexibility index (Phi) is 4.92. The fourth-order valence-corrected chi connectivity index (χ4v) is 3.99. The zero-order chi connectivity index (χ0) is 21.6. The zero-order valence-corrected chi connectivity index (χ0v) is 15.6. The van der Waals surface area contributed by atoms with Gasteiger partial charge in [-0.05, 0) is 36.6 Å². The number of carbonyl (C=O) groups is 2. The molecule has 7 nitrogen and oxygen atoms in total. The van der Waals surface area contributed by atoms with Crippen LogP contribution >= 0.6 is 0 Å². The molecule has 2 heterocycles. The second-order valence-electron chi connectivity index (χ2n) is 7.26. The quantitative estimate of drug-likeness (QED) is 0.564. The Balaban J connectivity index is 1.60. The number of benzene rings is 2. The van der Waals surface area contributed by atoms with Gasteiger partial charge in [0.05, 0.1) is 22.2 Å². The molecule has 156 valence electrons. The molecule has 0 radical (unpaired) electrons. The molecule has 1 saturated heterocycles. The Bertz CT molecular complexity index is 1080. The highest BCUT2D eigenvalue weighted by atomic mass is 19.2. The van der Waals surface area contributed by atoms with Crippen molar-refractivity contribution >= 4 is 28.9 Å². The number of halogens is 3. The fraction of sp³-hybridized carbons (Fsp3) is 0.300. The molecule has 1 unspecified atom stereocenters. The summed E-state index contributed by atoms with van der Waals surface area (Å²) >= 11 is 0. The summed E-state index contributed by atoms with van der Waals surface area (Å²) in [5.74, 6) is -5.02. The first-order chi connectivity index (χ1) is 14.3. The van der Waals surface area contributed by atoms with Crippen LogP contribution in [0.1, 0.15) is 18.4 Å². The van der Waals surface area contributed by atoms with E-state index < -0.39 is 45.8 Å². The first-order valence-corrected chi connectivity index (χ1v) is 9.30. The summed E-state index contributed by atoms with van der Waals surface area (Å²) in [7, 11) is 0. The average molecular weight is 419 g/mol. The summed E-state index contributed by atoms with van der Waals surface area (Å²) < 4.78 is 41.7. The zero-order valence-electron chi connectivity index (χ0n) is 15.6. The van der Waals surface area contributed by atoms with Crippen molar-refractivity contribution in [2.45, 2.75) is 19.3 Å². The summed E-state index contributed by atoms with van der Waals surface area (Å²) in [6.07, 6.45) is 0.885. The van der Waals surface area contributed by atoms with E-state index in [2.05, 4.69) is 0 Å². The molecule has 10 heteroatoms. The summed E-state index contributed by atoms with van der Waals surface area (Å²) in [4.78, 5) is 37.9. The van der Waals surface area contributed by atoms with Crippen LogP contribution in [0, 0.1) is 33.5 Å². The third-order valence-corrected chi connectivity index (χ3v) is 5.43. The van der Waals surface area contributed by atoms with Crippen LogP contribution in [0.5, 0.6) is 0 Å². The number of nitro benzene ring substituents is 1. The Morgan fingerprint density at radius 1 is 1.13 bits per heavy atom. The molecule has 2 aromatic rings. The molecule has 2 aliphatic heterocycles. The van der Waals surface area contributed by atoms with E-state index in [1.54, 1.807) is 0 Å². The second-order valence-corrected chi connectivity index (χ2v) is 7.26. The number of anilines is 2. The van der Waals surface area contributed by atoms with Crippen LogP contribution in [0.4, 0.5) is 30.2 Å². The van der Waals surface area contributed by atoms with Gasteiger partial charge in [-0.1, -0.05) is 6.07 Å². The monoisotopic (exact) mass is 419 g/mol. The lowest BCUT2D eigenvalue weighted by Gasteiger charge is -2.31. The number of fused-ring (bicyclic) bond motifs is 1. The van der Waals surface area contributed by atoms with E-state index in [1.807, 2.05) is 0 Å². The van der Waals surface area contributed by atoms with E-state index >= 15 is 0 Å². The number of nitro groups is 1. The maximum atomic E-state index is 14.4. The van der Waals surface area contributed by atoms with Gasteiger partial charge in [-0.2, -0.15) is 4.39 Å². The number of hydrogen-bond donors (Lipinski definition) is 0. The molecule has 30 heavy (non-hydrogen) atoms. The van der Waals surface area contributed by atoms with Crippen LogP contribution in [-0.2, 0) is 16.0 Å². The van der Waals surface area contributed by atoms with E-state index in [4.69, 9.17) is 0 Å². The van der Waals surface area contributed by atoms with Gasteiger partial charge in [-0.3, -0.25) is 19.7 Å². The molecule has 0 spiro atoms. The molecule has 0 bridgehead atoms. The van der Waals surface area contributed by atoms with Crippen molar-refractivity contribution < 1.29 is 27.7 Å². The molecule has 4 rings (SSSR count). The maximum absolute atomic E-state index is 14.4. The lowest BCUT2D eigenvalue weighted by molar-refractivity contribution is -0.387. The van der Waals surface area contributed by atoms with Crippen LogP contribution in [0.25, 0.3) is 0 Å². The topological polar surface area (TPSA) is 83.8 Å². The first kappa shape index (κ1) is 19.9. The summed E-state index contributed by atoms with van der Waals surface area (Å²) in [5, 5.41) is 11.0. The Morgan fingerprint density at radius 2 is 1.87 bits per heavy atom. The van der Waals surface area contributed by atoms with E-state index in [9.17, 15) is 32.9 Å². The minimum absolute atomic E-state index is 0.0940. The highest BCUT2D eigenvalue weighted by molar-refractivity contribution is 6.05. The van der Waals surface area contributed by atoms with Crippen molar-refractivity contribution in [2.24, 2.45) is 5.92 Å². The Labute approximate surface area is 168 Å². The van der Waals surface area contributed by atoms with Crippen molar-refractivity contribution in [1.82, 2.24) is 0 Å². The SMILES string of the molecule is O=C1CC(C(=O)N2CCCc3ccc(F)c(F)c32)CN1c1ccc(F)c([N+](=O)[O-])c1. The molecule has 1 fully saturated rings. The van der Waals surface area contributed by atoms with Crippen molar-refractivity contribution in [3.05, 3.63) is 63.5 Å². The predicted molar refractivity (Wildman–Crippen MR) is 101 cm³/mol. The van der Waals surface area contributed by atoms with E-state index in [0.717, 1.165) is 18.2 Å².